The Labute approximate surface area is 199 Å². The highest BCUT2D eigenvalue weighted by atomic mass is 16.6. The van der Waals surface area contributed by atoms with E-state index in [4.69, 9.17) is 9.47 Å². The van der Waals surface area contributed by atoms with E-state index < -0.39 is 47.5 Å². The van der Waals surface area contributed by atoms with Crippen molar-refractivity contribution in [1.29, 1.82) is 0 Å². The minimum atomic E-state index is -0.932. The van der Waals surface area contributed by atoms with E-state index in [1.54, 1.807) is 41.5 Å². The number of amides is 2. The number of nitrogens with zero attached hydrogens (tertiary/aromatic N) is 1. The maximum Gasteiger partial charge on any atom is 0.411 e. The van der Waals surface area contributed by atoms with E-state index in [0.29, 0.717) is 12.8 Å². The standard InChI is InChI=1S/C25H44N2O6/c1-11-13-17-14-18(22(30)32-24(5,6)7)27(23(31)33-25(8,9)10)20(17)19(26-16(4)28)21(29)15(3)12-2/h11,13,15,17-21,29H,12,14H2,1-10H3,(H,26,28)/t15-,17-,18+,19-,20-,21+/m1/s1. The molecule has 0 spiro atoms. The first-order valence-electron chi connectivity index (χ1n) is 11.8. The van der Waals surface area contributed by atoms with Gasteiger partial charge in [-0.3, -0.25) is 9.69 Å². The zero-order valence-corrected chi connectivity index (χ0v) is 22.0. The summed E-state index contributed by atoms with van der Waals surface area (Å²) in [6.07, 6.45) is 3.13. The van der Waals surface area contributed by atoms with Crippen molar-refractivity contribution < 1.29 is 29.0 Å². The molecular weight excluding hydrogens is 424 g/mol. The number of hydrogen-bond acceptors (Lipinski definition) is 6. The zero-order valence-electron chi connectivity index (χ0n) is 22.0. The summed E-state index contributed by atoms with van der Waals surface area (Å²) in [5, 5.41) is 14.0. The molecule has 190 valence electrons. The van der Waals surface area contributed by atoms with E-state index in [0.717, 1.165) is 0 Å². The smallest absolute Gasteiger partial charge is 0.411 e. The number of aliphatic hydroxyl groups excluding tert-OH is 1. The lowest BCUT2D eigenvalue weighted by atomic mass is 9.85. The molecule has 8 nitrogen and oxygen atoms in total. The van der Waals surface area contributed by atoms with Crippen molar-refractivity contribution in [3.8, 4) is 0 Å². The molecule has 0 aromatic rings. The SMILES string of the molecule is CC=C[C@@H]1C[C@@H](C(=O)OC(C)(C)C)N(C(=O)OC(C)(C)C)[C@H]1[C@@H](NC(C)=O)[C@@H](O)[C@H](C)CC. The van der Waals surface area contributed by atoms with Gasteiger partial charge in [0.2, 0.25) is 5.91 Å². The first kappa shape index (κ1) is 28.9. The average molecular weight is 469 g/mol. The predicted molar refractivity (Wildman–Crippen MR) is 127 cm³/mol. The molecule has 0 bridgehead atoms. The third-order valence-electron chi connectivity index (χ3n) is 5.65. The van der Waals surface area contributed by atoms with Gasteiger partial charge in [0.15, 0.2) is 0 Å². The molecule has 0 aromatic heterocycles. The number of allylic oxidation sites excluding steroid dienone is 1. The van der Waals surface area contributed by atoms with E-state index in [9.17, 15) is 19.5 Å². The number of nitrogens with one attached hydrogen (secondary N) is 1. The van der Waals surface area contributed by atoms with Gasteiger partial charge < -0.3 is 19.9 Å². The molecule has 2 amide bonds. The Bertz CT molecular complexity index is 721. The van der Waals surface area contributed by atoms with Gasteiger partial charge in [-0.2, -0.15) is 0 Å². The summed E-state index contributed by atoms with van der Waals surface area (Å²) < 4.78 is 11.3. The van der Waals surface area contributed by atoms with Crippen LogP contribution >= 0.6 is 0 Å². The van der Waals surface area contributed by atoms with Gasteiger partial charge in [0.1, 0.15) is 17.2 Å². The van der Waals surface area contributed by atoms with Crippen molar-refractivity contribution in [3.05, 3.63) is 12.2 Å². The summed E-state index contributed by atoms with van der Waals surface area (Å²) in [5.74, 6) is -1.30. The molecule has 0 radical (unpaired) electrons. The molecule has 0 aromatic carbocycles. The summed E-state index contributed by atoms with van der Waals surface area (Å²) in [6, 6.07) is -2.40. The molecule has 6 atom stereocenters. The van der Waals surface area contributed by atoms with E-state index in [-0.39, 0.29) is 17.7 Å². The highest BCUT2D eigenvalue weighted by Crippen LogP contribution is 2.37. The maximum absolute atomic E-state index is 13.4. The molecule has 1 aliphatic rings. The van der Waals surface area contributed by atoms with Crippen LogP contribution in [0.1, 0.15) is 82.1 Å². The molecule has 1 aliphatic heterocycles. The number of aliphatic hydroxyl groups is 1. The Kier molecular flexibility index (Phi) is 9.96. The van der Waals surface area contributed by atoms with Crippen molar-refractivity contribution in [2.75, 3.05) is 0 Å². The van der Waals surface area contributed by atoms with Crippen LogP contribution in [0, 0.1) is 11.8 Å². The van der Waals surface area contributed by atoms with E-state index in [1.165, 1.54) is 11.8 Å². The number of rotatable bonds is 7. The number of carbonyl (C=O) groups excluding carboxylic acids is 3. The molecule has 0 aliphatic carbocycles. The number of esters is 1. The summed E-state index contributed by atoms with van der Waals surface area (Å²) in [4.78, 5) is 40.1. The second-order valence-electron chi connectivity index (χ2n) is 11.0. The molecule has 1 fully saturated rings. The molecule has 2 N–H and O–H groups in total. The Morgan fingerprint density at radius 2 is 1.67 bits per heavy atom. The zero-order chi connectivity index (χ0) is 25.7. The van der Waals surface area contributed by atoms with Crippen LogP contribution < -0.4 is 5.32 Å². The van der Waals surface area contributed by atoms with Gasteiger partial charge in [-0.25, -0.2) is 9.59 Å². The highest BCUT2D eigenvalue weighted by Gasteiger charge is 2.53. The predicted octanol–water partition coefficient (Wildman–Crippen LogP) is 3.81. The third kappa shape index (κ3) is 8.32. The summed E-state index contributed by atoms with van der Waals surface area (Å²) in [6.45, 7) is 17.6. The molecule has 33 heavy (non-hydrogen) atoms. The van der Waals surface area contributed by atoms with Crippen molar-refractivity contribution in [2.24, 2.45) is 11.8 Å². The first-order valence-corrected chi connectivity index (χ1v) is 11.8. The van der Waals surface area contributed by atoms with Crippen molar-refractivity contribution in [3.63, 3.8) is 0 Å². The first-order chi connectivity index (χ1) is 15.0. The minimum Gasteiger partial charge on any atom is -0.458 e. The number of hydrogen-bond donors (Lipinski definition) is 2. The van der Waals surface area contributed by atoms with Crippen molar-refractivity contribution >= 4 is 18.0 Å². The van der Waals surface area contributed by atoms with Crippen LogP contribution in [0.25, 0.3) is 0 Å². The van der Waals surface area contributed by atoms with Crippen LogP contribution in [0.5, 0.6) is 0 Å². The fraction of sp³-hybridized carbons (Fsp3) is 0.800. The molecule has 8 heteroatoms. The highest BCUT2D eigenvalue weighted by molar-refractivity contribution is 5.83. The monoisotopic (exact) mass is 468 g/mol. The van der Waals surface area contributed by atoms with Gasteiger partial charge in [-0.15, -0.1) is 0 Å². The van der Waals surface area contributed by atoms with Gasteiger partial charge >= 0.3 is 12.1 Å². The lowest BCUT2D eigenvalue weighted by Crippen LogP contribution is -2.61. The Morgan fingerprint density at radius 3 is 2.09 bits per heavy atom. The van der Waals surface area contributed by atoms with Gasteiger partial charge in [-0.1, -0.05) is 32.4 Å². The van der Waals surface area contributed by atoms with Gasteiger partial charge in [-0.05, 0) is 60.8 Å². The molecule has 1 rings (SSSR count). The largest absolute Gasteiger partial charge is 0.458 e. The van der Waals surface area contributed by atoms with Crippen LogP contribution in [0.2, 0.25) is 0 Å². The molecule has 0 unspecified atom stereocenters. The van der Waals surface area contributed by atoms with Gasteiger partial charge in [0, 0.05) is 12.8 Å². The Hall–Kier alpha value is -2.09. The van der Waals surface area contributed by atoms with E-state index >= 15 is 0 Å². The van der Waals surface area contributed by atoms with Crippen molar-refractivity contribution in [1.82, 2.24) is 10.2 Å². The Morgan fingerprint density at radius 1 is 1.12 bits per heavy atom. The fourth-order valence-corrected chi connectivity index (χ4v) is 4.15. The minimum absolute atomic E-state index is 0.144. The average Bonchev–Trinajstić information content (AvgIpc) is 3.01. The van der Waals surface area contributed by atoms with Crippen LogP contribution in [-0.2, 0) is 19.1 Å². The van der Waals surface area contributed by atoms with Crippen LogP contribution in [-0.4, -0.2) is 63.4 Å². The summed E-state index contributed by atoms with van der Waals surface area (Å²) >= 11 is 0. The van der Waals surface area contributed by atoms with Crippen LogP contribution in [0.15, 0.2) is 12.2 Å². The van der Waals surface area contributed by atoms with Crippen LogP contribution in [0.3, 0.4) is 0 Å². The van der Waals surface area contributed by atoms with E-state index in [2.05, 4.69) is 5.32 Å². The van der Waals surface area contributed by atoms with Gasteiger partial charge in [0.05, 0.1) is 18.2 Å². The molecular formula is C25H44N2O6. The summed E-state index contributed by atoms with van der Waals surface area (Å²) in [5.41, 5.74) is -1.53. The number of carbonyl (C=O) groups is 3. The maximum atomic E-state index is 13.4. The molecule has 0 saturated carbocycles. The third-order valence-corrected chi connectivity index (χ3v) is 5.65. The topological polar surface area (TPSA) is 105 Å². The Balaban J connectivity index is 3.61. The fourth-order valence-electron chi connectivity index (χ4n) is 4.15. The second-order valence-corrected chi connectivity index (χ2v) is 11.0. The lowest BCUT2D eigenvalue weighted by molar-refractivity contribution is -0.160. The van der Waals surface area contributed by atoms with Crippen LogP contribution in [0.4, 0.5) is 4.79 Å². The van der Waals surface area contributed by atoms with Gasteiger partial charge in [0.25, 0.3) is 0 Å². The lowest BCUT2D eigenvalue weighted by Gasteiger charge is -2.40. The molecule has 1 saturated heterocycles. The second kappa shape index (κ2) is 11.4. The van der Waals surface area contributed by atoms with Crippen molar-refractivity contribution in [2.45, 2.75) is 118 Å². The number of likely N-dealkylation sites (tertiary alicyclic amines) is 1. The quantitative estimate of drug-likeness (QED) is 0.435. The molecule has 1 heterocycles. The van der Waals surface area contributed by atoms with E-state index in [1.807, 2.05) is 32.9 Å². The summed E-state index contributed by atoms with van der Waals surface area (Å²) in [7, 11) is 0. The number of ether oxygens (including phenoxy) is 2. The normalized spacial score (nSPS) is 24.3.